The molecule has 0 spiro atoms. The number of hydrogen-bond donors (Lipinski definition) is 1. The van der Waals surface area contributed by atoms with Gasteiger partial charge in [0.2, 0.25) is 0 Å². The Morgan fingerprint density at radius 2 is 1.96 bits per heavy atom. The highest BCUT2D eigenvalue weighted by molar-refractivity contribution is 6.05. The van der Waals surface area contributed by atoms with Gasteiger partial charge in [-0.3, -0.25) is 4.79 Å². The van der Waals surface area contributed by atoms with Gasteiger partial charge in [-0.15, -0.1) is 0 Å². The second-order valence-corrected chi connectivity index (χ2v) is 5.98. The van der Waals surface area contributed by atoms with Crippen LogP contribution in [0.1, 0.15) is 59.9 Å². The average Bonchev–Trinajstić information content (AvgIpc) is 2.92. The summed E-state index contributed by atoms with van der Waals surface area (Å²) in [6.07, 6.45) is 5.67. The molecule has 1 aromatic carbocycles. The second-order valence-electron chi connectivity index (χ2n) is 5.98. The lowest BCUT2D eigenvalue weighted by atomic mass is 9.95. The zero-order valence-electron chi connectivity index (χ0n) is 13.2. The Kier molecular flexibility index (Phi) is 4.42. The first kappa shape index (κ1) is 15.3. The number of rotatable bonds is 3. The number of nitrogens with one attached hydrogen (secondary N) is 1. The Balaban J connectivity index is 1.89. The van der Waals surface area contributed by atoms with E-state index in [1.807, 2.05) is 29.8 Å². The minimum Gasteiger partial charge on any atom is -0.318 e. The largest absolute Gasteiger partial charge is 0.318 e. The molecule has 23 heavy (non-hydrogen) atoms. The van der Waals surface area contributed by atoms with E-state index in [0.29, 0.717) is 22.6 Å². The fourth-order valence-corrected chi connectivity index (χ4v) is 3.17. The van der Waals surface area contributed by atoms with Gasteiger partial charge < -0.3 is 5.32 Å². The number of benzene rings is 1. The van der Waals surface area contributed by atoms with Crippen LogP contribution in [0, 0.1) is 18.3 Å². The van der Waals surface area contributed by atoms with E-state index in [2.05, 4.69) is 16.5 Å². The van der Waals surface area contributed by atoms with Crippen LogP contribution in [0.5, 0.6) is 0 Å². The Morgan fingerprint density at radius 1 is 1.26 bits per heavy atom. The van der Waals surface area contributed by atoms with Crippen LogP contribution < -0.4 is 5.32 Å². The van der Waals surface area contributed by atoms with Crippen molar-refractivity contribution in [2.75, 3.05) is 5.32 Å². The summed E-state index contributed by atoms with van der Waals surface area (Å²) in [5.41, 5.74) is 2.25. The fourth-order valence-electron chi connectivity index (χ4n) is 3.17. The molecule has 0 saturated heterocycles. The predicted molar refractivity (Wildman–Crippen MR) is 88.2 cm³/mol. The van der Waals surface area contributed by atoms with Crippen molar-refractivity contribution in [3.8, 4) is 6.07 Å². The van der Waals surface area contributed by atoms with Gasteiger partial charge in [-0.2, -0.15) is 10.4 Å². The standard InChI is InChI=1S/C18H20N4O/c1-13-17(20-18(23)14-8-4-2-5-9-14)16(12-19)22(21-13)15-10-6-3-7-11-15/h2,4-5,8-9,15H,3,6-7,10-11H2,1H3,(H,20,23). The molecule has 2 aromatic rings. The normalized spacial score (nSPS) is 15.1. The quantitative estimate of drug-likeness (QED) is 0.937. The van der Waals surface area contributed by atoms with Crippen molar-refractivity contribution < 1.29 is 4.79 Å². The molecule has 0 radical (unpaired) electrons. The molecule has 5 heteroatoms. The molecule has 0 bridgehead atoms. The van der Waals surface area contributed by atoms with Crippen LogP contribution in [-0.4, -0.2) is 15.7 Å². The summed E-state index contributed by atoms with van der Waals surface area (Å²) >= 11 is 0. The zero-order chi connectivity index (χ0) is 16.2. The van der Waals surface area contributed by atoms with Gasteiger partial charge in [-0.25, -0.2) is 4.68 Å². The lowest BCUT2D eigenvalue weighted by molar-refractivity contribution is 0.102. The molecule has 1 amide bonds. The third kappa shape index (κ3) is 3.11. The minimum atomic E-state index is -0.214. The lowest BCUT2D eigenvalue weighted by Gasteiger charge is -2.22. The van der Waals surface area contributed by atoms with E-state index in [-0.39, 0.29) is 11.9 Å². The zero-order valence-corrected chi connectivity index (χ0v) is 13.2. The monoisotopic (exact) mass is 308 g/mol. The smallest absolute Gasteiger partial charge is 0.255 e. The van der Waals surface area contributed by atoms with Crippen LogP contribution >= 0.6 is 0 Å². The summed E-state index contributed by atoms with van der Waals surface area (Å²) < 4.78 is 1.81. The van der Waals surface area contributed by atoms with Gasteiger partial charge in [-0.1, -0.05) is 37.5 Å². The van der Waals surface area contributed by atoms with E-state index in [9.17, 15) is 10.1 Å². The van der Waals surface area contributed by atoms with Crippen LogP contribution in [0.4, 0.5) is 5.69 Å². The topological polar surface area (TPSA) is 70.7 Å². The fraction of sp³-hybridized carbons (Fsp3) is 0.389. The van der Waals surface area contributed by atoms with Crippen molar-refractivity contribution in [1.82, 2.24) is 9.78 Å². The van der Waals surface area contributed by atoms with Crippen LogP contribution in [0.2, 0.25) is 0 Å². The maximum Gasteiger partial charge on any atom is 0.255 e. The summed E-state index contributed by atoms with van der Waals surface area (Å²) in [6.45, 7) is 1.83. The van der Waals surface area contributed by atoms with E-state index < -0.39 is 0 Å². The second kappa shape index (κ2) is 6.66. The van der Waals surface area contributed by atoms with Gasteiger partial charge in [0.05, 0.1) is 11.7 Å². The summed E-state index contributed by atoms with van der Waals surface area (Å²) in [5.74, 6) is -0.214. The number of hydrogen-bond acceptors (Lipinski definition) is 3. The first-order chi connectivity index (χ1) is 11.2. The predicted octanol–water partition coefficient (Wildman–Crippen LogP) is 3.82. The van der Waals surface area contributed by atoms with Crippen LogP contribution in [-0.2, 0) is 0 Å². The molecule has 118 valence electrons. The first-order valence-corrected chi connectivity index (χ1v) is 8.06. The Hall–Kier alpha value is -2.61. The molecule has 5 nitrogen and oxygen atoms in total. The van der Waals surface area contributed by atoms with Crippen molar-refractivity contribution in [3.63, 3.8) is 0 Å². The molecule has 3 rings (SSSR count). The molecule has 0 unspecified atom stereocenters. The Bertz CT molecular complexity index is 736. The maximum absolute atomic E-state index is 12.4. The summed E-state index contributed by atoms with van der Waals surface area (Å²) in [4.78, 5) is 12.4. The molecule has 1 aromatic heterocycles. The molecule has 1 aliphatic rings. The lowest BCUT2D eigenvalue weighted by Crippen LogP contribution is -2.17. The van der Waals surface area contributed by atoms with Crippen molar-refractivity contribution in [2.24, 2.45) is 0 Å². The highest BCUT2D eigenvalue weighted by Crippen LogP contribution is 2.32. The van der Waals surface area contributed by atoms with Gasteiger partial charge in [0.25, 0.3) is 5.91 Å². The number of anilines is 1. The molecular formula is C18H20N4O. The molecule has 1 fully saturated rings. The number of amides is 1. The van der Waals surface area contributed by atoms with Crippen molar-refractivity contribution in [2.45, 2.75) is 45.1 Å². The van der Waals surface area contributed by atoms with Crippen molar-refractivity contribution in [1.29, 1.82) is 5.26 Å². The maximum atomic E-state index is 12.4. The SMILES string of the molecule is Cc1nn(C2CCCCC2)c(C#N)c1NC(=O)c1ccccc1. The number of nitriles is 1. The summed E-state index contributed by atoms with van der Waals surface area (Å²) in [7, 11) is 0. The van der Waals surface area contributed by atoms with Crippen LogP contribution in [0.25, 0.3) is 0 Å². The molecule has 0 aliphatic heterocycles. The molecule has 1 heterocycles. The Labute approximate surface area is 135 Å². The van der Waals surface area contributed by atoms with Crippen LogP contribution in [0.3, 0.4) is 0 Å². The number of aryl methyl sites for hydroxylation is 1. The summed E-state index contributed by atoms with van der Waals surface area (Å²) in [5, 5.41) is 17.0. The average molecular weight is 308 g/mol. The van der Waals surface area contributed by atoms with E-state index in [0.717, 1.165) is 12.8 Å². The van der Waals surface area contributed by atoms with Crippen LogP contribution in [0.15, 0.2) is 30.3 Å². The number of carbonyl (C=O) groups is 1. The number of nitrogens with zero attached hydrogens (tertiary/aromatic N) is 3. The molecule has 0 atom stereocenters. The number of carbonyl (C=O) groups excluding carboxylic acids is 1. The van der Waals surface area contributed by atoms with Gasteiger partial charge >= 0.3 is 0 Å². The number of aromatic nitrogens is 2. The third-order valence-electron chi connectivity index (χ3n) is 4.39. The third-order valence-corrected chi connectivity index (χ3v) is 4.39. The van der Waals surface area contributed by atoms with Gasteiger partial charge in [0.15, 0.2) is 5.69 Å². The van der Waals surface area contributed by atoms with Gasteiger partial charge in [-0.05, 0) is 31.9 Å². The highest BCUT2D eigenvalue weighted by atomic mass is 16.1. The first-order valence-electron chi connectivity index (χ1n) is 8.06. The van der Waals surface area contributed by atoms with E-state index in [1.165, 1.54) is 19.3 Å². The van der Waals surface area contributed by atoms with E-state index in [1.54, 1.807) is 12.1 Å². The highest BCUT2D eigenvalue weighted by Gasteiger charge is 2.24. The van der Waals surface area contributed by atoms with E-state index in [4.69, 9.17) is 0 Å². The van der Waals surface area contributed by atoms with Crippen molar-refractivity contribution >= 4 is 11.6 Å². The van der Waals surface area contributed by atoms with Gasteiger partial charge in [0, 0.05) is 5.56 Å². The molecule has 1 aliphatic carbocycles. The summed E-state index contributed by atoms with van der Waals surface area (Å²) in [6, 6.07) is 11.5. The minimum absolute atomic E-state index is 0.214. The Morgan fingerprint density at radius 3 is 2.61 bits per heavy atom. The van der Waals surface area contributed by atoms with Crippen molar-refractivity contribution in [3.05, 3.63) is 47.3 Å². The molecular weight excluding hydrogens is 288 g/mol. The van der Waals surface area contributed by atoms with Gasteiger partial charge in [0.1, 0.15) is 11.8 Å². The molecule has 1 saturated carbocycles. The molecule has 1 N–H and O–H groups in total. The van der Waals surface area contributed by atoms with E-state index >= 15 is 0 Å².